The van der Waals surface area contributed by atoms with E-state index in [-0.39, 0.29) is 5.95 Å². The second-order valence-corrected chi connectivity index (χ2v) is 2.94. The van der Waals surface area contributed by atoms with E-state index < -0.39 is 0 Å². The van der Waals surface area contributed by atoms with Gasteiger partial charge in [-0.05, 0) is 18.6 Å². The van der Waals surface area contributed by atoms with Crippen LogP contribution in [0.4, 0.5) is 11.8 Å². The molecule has 1 aromatic heterocycles. The number of hydrogen-bond donors (Lipinski definition) is 2. The zero-order chi connectivity index (χ0) is 11.4. The quantitative estimate of drug-likeness (QED) is 0.689. The van der Waals surface area contributed by atoms with Crippen LogP contribution < -0.4 is 11.5 Å². The summed E-state index contributed by atoms with van der Waals surface area (Å²) < 4.78 is 0. The molecule has 0 amide bonds. The standard InChI is InChI=1S/C9H10N4.C2H6/c1-5-3-2-4-6-7(5)8(10)13-9(11)12-6;1-2/h2-4H,1H3,(H4,10,11,12,13);1-2H3. The van der Waals surface area contributed by atoms with Gasteiger partial charge in [-0.2, -0.15) is 4.98 Å². The van der Waals surface area contributed by atoms with E-state index in [1.54, 1.807) is 0 Å². The Kier molecular flexibility index (Phi) is 3.44. The summed E-state index contributed by atoms with van der Waals surface area (Å²) in [5.41, 5.74) is 13.1. The van der Waals surface area contributed by atoms with Crippen LogP contribution in [-0.2, 0) is 0 Å². The van der Waals surface area contributed by atoms with Crippen LogP contribution in [-0.4, -0.2) is 9.97 Å². The van der Waals surface area contributed by atoms with E-state index in [2.05, 4.69) is 9.97 Å². The molecule has 0 saturated carbocycles. The summed E-state index contributed by atoms with van der Waals surface area (Å²) in [6.45, 7) is 5.97. The predicted molar refractivity (Wildman–Crippen MR) is 64.4 cm³/mol. The maximum atomic E-state index is 5.73. The van der Waals surface area contributed by atoms with Gasteiger partial charge in [0.2, 0.25) is 5.95 Å². The minimum absolute atomic E-state index is 0.218. The number of fused-ring (bicyclic) bond motifs is 1. The first-order chi connectivity index (χ1) is 7.18. The normalized spacial score (nSPS) is 9.53. The maximum Gasteiger partial charge on any atom is 0.222 e. The van der Waals surface area contributed by atoms with Gasteiger partial charge in [-0.1, -0.05) is 26.0 Å². The van der Waals surface area contributed by atoms with Crippen LogP contribution in [0, 0.1) is 6.92 Å². The highest BCUT2D eigenvalue weighted by atomic mass is 15.0. The van der Waals surface area contributed by atoms with Crippen LogP contribution >= 0.6 is 0 Å². The largest absolute Gasteiger partial charge is 0.383 e. The number of nitrogens with zero attached hydrogens (tertiary/aromatic N) is 2. The Morgan fingerprint density at radius 1 is 1.07 bits per heavy atom. The molecule has 1 heterocycles. The first-order valence-electron chi connectivity index (χ1n) is 4.97. The fourth-order valence-corrected chi connectivity index (χ4v) is 1.41. The second kappa shape index (κ2) is 4.59. The highest BCUT2D eigenvalue weighted by Crippen LogP contribution is 2.21. The predicted octanol–water partition coefficient (Wildman–Crippen LogP) is 2.13. The summed E-state index contributed by atoms with van der Waals surface area (Å²) in [6.07, 6.45) is 0. The summed E-state index contributed by atoms with van der Waals surface area (Å²) in [5, 5.41) is 0.886. The van der Waals surface area contributed by atoms with Gasteiger partial charge in [0.25, 0.3) is 0 Å². The van der Waals surface area contributed by atoms with Crippen LogP contribution in [0.1, 0.15) is 19.4 Å². The van der Waals surface area contributed by atoms with E-state index in [0.717, 1.165) is 16.5 Å². The average Bonchev–Trinajstić information content (AvgIpc) is 2.19. The molecule has 4 N–H and O–H groups in total. The summed E-state index contributed by atoms with van der Waals surface area (Å²) >= 11 is 0. The zero-order valence-electron chi connectivity index (χ0n) is 9.28. The fraction of sp³-hybridized carbons (Fsp3) is 0.273. The third-order valence-electron chi connectivity index (χ3n) is 1.98. The molecule has 80 valence electrons. The molecule has 0 unspecified atom stereocenters. The van der Waals surface area contributed by atoms with Crippen molar-refractivity contribution < 1.29 is 0 Å². The summed E-state index contributed by atoms with van der Waals surface area (Å²) in [6, 6.07) is 5.76. The van der Waals surface area contributed by atoms with E-state index in [0.29, 0.717) is 5.82 Å². The summed E-state index contributed by atoms with van der Waals surface area (Å²) in [4.78, 5) is 7.99. The number of nitrogen functional groups attached to an aromatic ring is 2. The van der Waals surface area contributed by atoms with Gasteiger partial charge in [0.15, 0.2) is 0 Å². The molecule has 0 bridgehead atoms. The summed E-state index contributed by atoms with van der Waals surface area (Å²) in [7, 11) is 0. The number of rotatable bonds is 0. The van der Waals surface area contributed by atoms with Crippen molar-refractivity contribution in [2.24, 2.45) is 0 Å². The smallest absolute Gasteiger partial charge is 0.222 e. The molecule has 0 fully saturated rings. The molecule has 4 heteroatoms. The monoisotopic (exact) mass is 204 g/mol. The van der Waals surface area contributed by atoms with Gasteiger partial charge in [-0.15, -0.1) is 0 Å². The van der Waals surface area contributed by atoms with Crippen molar-refractivity contribution in [1.82, 2.24) is 9.97 Å². The Hall–Kier alpha value is -1.84. The minimum Gasteiger partial charge on any atom is -0.383 e. The lowest BCUT2D eigenvalue weighted by Gasteiger charge is -2.04. The number of anilines is 2. The Morgan fingerprint density at radius 3 is 2.40 bits per heavy atom. The van der Waals surface area contributed by atoms with Gasteiger partial charge >= 0.3 is 0 Å². The van der Waals surface area contributed by atoms with Gasteiger partial charge in [-0.3, -0.25) is 0 Å². The fourth-order valence-electron chi connectivity index (χ4n) is 1.41. The lowest BCUT2D eigenvalue weighted by Crippen LogP contribution is -2.01. The molecule has 2 aromatic rings. The SMILES string of the molecule is CC.Cc1cccc2nc(N)nc(N)c12. The van der Waals surface area contributed by atoms with E-state index in [9.17, 15) is 0 Å². The molecule has 0 atom stereocenters. The van der Waals surface area contributed by atoms with Crippen LogP contribution in [0.15, 0.2) is 18.2 Å². The van der Waals surface area contributed by atoms with Crippen molar-refractivity contribution in [2.75, 3.05) is 11.5 Å². The first-order valence-corrected chi connectivity index (χ1v) is 4.97. The zero-order valence-corrected chi connectivity index (χ0v) is 9.28. The van der Waals surface area contributed by atoms with Crippen molar-refractivity contribution in [2.45, 2.75) is 20.8 Å². The Labute approximate surface area is 89.3 Å². The van der Waals surface area contributed by atoms with Gasteiger partial charge < -0.3 is 11.5 Å². The molecule has 15 heavy (non-hydrogen) atoms. The van der Waals surface area contributed by atoms with E-state index in [1.165, 1.54) is 0 Å². The molecule has 0 aliphatic heterocycles. The van der Waals surface area contributed by atoms with E-state index in [1.807, 2.05) is 39.0 Å². The van der Waals surface area contributed by atoms with Gasteiger partial charge in [0, 0.05) is 5.39 Å². The Bertz CT molecular complexity index is 465. The lowest BCUT2D eigenvalue weighted by atomic mass is 10.1. The van der Waals surface area contributed by atoms with Crippen LogP contribution in [0.2, 0.25) is 0 Å². The van der Waals surface area contributed by atoms with Crippen molar-refractivity contribution in [3.05, 3.63) is 23.8 Å². The highest BCUT2D eigenvalue weighted by molar-refractivity contribution is 5.91. The van der Waals surface area contributed by atoms with E-state index in [4.69, 9.17) is 11.5 Å². The van der Waals surface area contributed by atoms with Crippen molar-refractivity contribution in [3.8, 4) is 0 Å². The van der Waals surface area contributed by atoms with Crippen LogP contribution in [0.25, 0.3) is 10.9 Å². The Balaban J connectivity index is 0.000000531. The minimum atomic E-state index is 0.218. The molecule has 2 rings (SSSR count). The number of aryl methyl sites for hydroxylation is 1. The molecule has 1 aromatic carbocycles. The van der Waals surface area contributed by atoms with Crippen LogP contribution in [0.5, 0.6) is 0 Å². The number of aromatic nitrogens is 2. The first kappa shape index (κ1) is 11.2. The number of benzene rings is 1. The molecule has 0 saturated heterocycles. The topological polar surface area (TPSA) is 77.8 Å². The third-order valence-corrected chi connectivity index (χ3v) is 1.98. The molecule has 0 radical (unpaired) electrons. The molecular weight excluding hydrogens is 188 g/mol. The number of hydrogen-bond acceptors (Lipinski definition) is 4. The van der Waals surface area contributed by atoms with Crippen molar-refractivity contribution >= 4 is 22.7 Å². The van der Waals surface area contributed by atoms with E-state index >= 15 is 0 Å². The molecular formula is C11H16N4. The highest BCUT2D eigenvalue weighted by Gasteiger charge is 2.04. The lowest BCUT2D eigenvalue weighted by molar-refractivity contribution is 1.24. The second-order valence-electron chi connectivity index (χ2n) is 2.94. The maximum absolute atomic E-state index is 5.73. The summed E-state index contributed by atoms with van der Waals surface area (Å²) in [5.74, 6) is 0.663. The van der Waals surface area contributed by atoms with Crippen LogP contribution in [0.3, 0.4) is 0 Å². The third kappa shape index (κ3) is 2.15. The van der Waals surface area contributed by atoms with Crippen molar-refractivity contribution in [1.29, 1.82) is 0 Å². The number of nitrogens with two attached hydrogens (primary N) is 2. The van der Waals surface area contributed by atoms with Gasteiger partial charge in [0.05, 0.1) is 5.52 Å². The van der Waals surface area contributed by atoms with Gasteiger partial charge in [0.1, 0.15) is 5.82 Å². The van der Waals surface area contributed by atoms with Gasteiger partial charge in [-0.25, -0.2) is 4.98 Å². The molecule has 0 spiro atoms. The molecule has 0 aliphatic rings. The average molecular weight is 204 g/mol. The molecule has 4 nitrogen and oxygen atoms in total. The van der Waals surface area contributed by atoms with Crippen molar-refractivity contribution in [3.63, 3.8) is 0 Å². The molecule has 0 aliphatic carbocycles. The Morgan fingerprint density at radius 2 is 1.73 bits per heavy atom.